The molecule has 3 rings (SSSR count). The Hall–Kier alpha value is -2.35. The SMILES string of the molecule is CC(C)C(CO)N(CC(=O)Nc1cccc2nsnc12)Cc1ccccc1. The molecule has 2 aromatic carbocycles. The minimum Gasteiger partial charge on any atom is -0.395 e. The van der Waals surface area contributed by atoms with Gasteiger partial charge in [-0.05, 0) is 23.6 Å². The molecular formula is C20H24N4O2S. The van der Waals surface area contributed by atoms with E-state index >= 15 is 0 Å². The second kappa shape index (κ2) is 9.03. The fourth-order valence-corrected chi connectivity index (χ4v) is 3.69. The second-order valence-corrected chi connectivity index (χ2v) is 7.40. The Morgan fingerprint density at radius 1 is 1.15 bits per heavy atom. The highest BCUT2D eigenvalue weighted by atomic mass is 32.1. The highest BCUT2D eigenvalue weighted by Gasteiger charge is 2.24. The Labute approximate surface area is 163 Å². The first-order chi connectivity index (χ1) is 13.1. The summed E-state index contributed by atoms with van der Waals surface area (Å²) in [4.78, 5) is 14.8. The van der Waals surface area contributed by atoms with Crippen LogP contribution < -0.4 is 5.32 Å². The number of rotatable bonds is 8. The van der Waals surface area contributed by atoms with E-state index in [0.29, 0.717) is 17.7 Å². The molecule has 0 bridgehead atoms. The van der Waals surface area contributed by atoms with E-state index < -0.39 is 0 Å². The summed E-state index contributed by atoms with van der Waals surface area (Å²) in [6, 6.07) is 15.4. The van der Waals surface area contributed by atoms with Crippen LogP contribution in [-0.4, -0.2) is 43.9 Å². The Bertz CT molecular complexity index is 882. The summed E-state index contributed by atoms with van der Waals surface area (Å²) >= 11 is 1.13. The molecule has 0 aliphatic rings. The zero-order valence-corrected chi connectivity index (χ0v) is 16.3. The van der Waals surface area contributed by atoms with Crippen molar-refractivity contribution in [1.82, 2.24) is 13.6 Å². The molecular weight excluding hydrogens is 360 g/mol. The van der Waals surface area contributed by atoms with Gasteiger partial charge in [0.25, 0.3) is 0 Å². The van der Waals surface area contributed by atoms with Gasteiger partial charge in [0.15, 0.2) is 0 Å². The largest absolute Gasteiger partial charge is 0.395 e. The number of nitrogens with zero attached hydrogens (tertiary/aromatic N) is 3. The van der Waals surface area contributed by atoms with Crippen molar-refractivity contribution in [2.75, 3.05) is 18.5 Å². The van der Waals surface area contributed by atoms with Crippen molar-refractivity contribution in [3.63, 3.8) is 0 Å². The molecule has 1 atom stereocenters. The fraction of sp³-hybridized carbons (Fsp3) is 0.350. The predicted octanol–water partition coefficient (Wildman–Crippen LogP) is 3.15. The summed E-state index contributed by atoms with van der Waals surface area (Å²) < 4.78 is 8.46. The zero-order valence-electron chi connectivity index (χ0n) is 15.5. The van der Waals surface area contributed by atoms with Crippen LogP contribution in [0.25, 0.3) is 11.0 Å². The molecule has 3 aromatic rings. The maximum Gasteiger partial charge on any atom is 0.238 e. The smallest absolute Gasteiger partial charge is 0.238 e. The Morgan fingerprint density at radius 2 is 1.93 bits per heavy atom. The molecule has 1 aromatic heterocycles. The molecule has 0 aliphatic heterocycles. The second-order valence-electron chi connectivity index (χ2n) is 6.87. The van der Waals surface area contributed by atoms with E-state index in [1.54, 1.807) is 0 Å². The van der Waals surface area contributed by atoms with Gasteiger partial charge in [0.2, 0.25) is 5.91 Å². The number of aliphatic hydroxyl groups excluding tert-OH is 1. The molecule has 7 heteroatoms. The summed E-state index contributed by atoms with van der Waals surface area (Å²) in [5.41, 5.74) is 3.24. The molecule has 0 spiro atoms. The summed E-state index contributed by atoms with van der Waals surface area (Å²) in [5.74, 6) is 0.0863. The van der Waals surface area contributed by atoms with E-state index in [-0.39, 0.29) is 31.0 Å². The molecule has 0 fully saturated rings. The van der Waals surface area contributed by atoms with Gasteiger partial charge in [0, 0.05) is 12.6 Å². The Morgan fingerprint density at radius 3 is 2.63 bits per heavy atom. The highest BCUT2D eigenvalue weighted by Crippen LogP contribution is 2.21. The first kappa shape index (κ1) is 19.4. The first-order valence-corrected chi connectivity index (χ1v) is 9.71. The van der Waals surface area contributed by atoms with Crippen molar-refractivity contribution in [3.05, 3.63) is 54.1 Å². The minimum atomic E-state index is -0.134. The molecule has 142 valence electrons. The summed E-state index contributed by atoms with van der Waals surface area (Å²) in [7, 11) is 0. The quantitative estimate of drug-likeness (QED) is 0.624. The number of benzene rings is 2. The Balaban J connectivity index is 1.76. The van der Waals surface area contributed by atoms with E-state index in [0.717, 1.165) is 22.8 Å². The lowest BCUT2D eigenvalue weighted by molar-refractivity contribution is -0.118. The van der Waals surface area contributed by atoms with Crippen LogP contribution in [-0.2, 0) is 11.3 Å². The standard InChI is InChI=1S/C20H24N4O2S/c1-14(2)18(13-25)24(11-15-7-4-3-5-8-15)12-19(26)21-16-9-6-10-17-20(16)23-27-22-17/h3-10,14,18,25H,11-13H2,1-2H3,(H,21,26). The summed E-state index contributed by atoms with van der Waals surface area (Å²) in [5, 5.41) is 12.8. The van der Waals surface area contributed by atoms with Crippen LogP contribution in [0.1, 0.15) is 19.4 Å². The van der Waals surface area contributed by atoms with Gasteiger partial charge in [-0.1, -0.05) is 50.2 Å². The molecule has 0 saturated carbocycles. The van der Waals surface area contributed by atoms with Crippen LogP contribution in [0.3, 0.4) is 0 Å². The number of anilines is 1. The topological polar surface area (TPSA) is 78.4 Å². The predicted molar refractivity (Wildman–Crippen MR) is 109 cm³/mol. The van der Waals surface area contributed by atoms with Crippen LogP contribution >= 0.6 is 11.7 Å². The van der Waals surface area contributed by atoms with Crippen LogP contribution in [0.15, 0.2) is 48.5 Å². The summed E-state index contributed by atoms with van der Waals surface area (Å²) in [6.07, 6.45) is 0. The molecule has 2 N–H and O–H groups in total. The lowest BCUT2D eigenvalue weighted by Gasteiger charge is -2.32. The molecule has 0 saturated heterocycles. The van der Waals surface area contributed by atoms with E-state index in [1.165, 1.54) is 0 Å². The van der Waals surface area contributed by atoms with Crippen molar-refractivity contribution in [2.45, 2.75) is 26.4 Å². The number of amides is 1. The number of carbonyl (C=O) groups is 1. The van der Waals surface area contributed by atoms with Gasteiger partial charge in [0.05, 0.1) is 30.6 Å². The van der Waals surface area contributed by atoms with Gasteiger partial charge in [-0.3, -0.25) is 9.69 Å². The fourth-order valence-electron chi connectivity index (χ4n) is 3.14. The average Bonchev–Trinajstić information content (AvgIpc) is 3.12. The van der Waals surface area contributed by atoms with E-state index in [9.17, 15) is 9.90 Å². The number of nitrogens with one attached hydrogen (secondary N) is 1. The third-order valence-corrected chi connectivity index (χ3v) is 5.10. The number of carbonyl (C=O) groups excluding carboxylic acids is 1. The monoisotopic (exact) mass is 384 g/mol. The van der Waals surface area contributed by atoms with Gasteiger partial charge in [0.1, 0.15) is 11.0 Å². The van der Waals surface area contributed by atoms with Crippen LogP contribution in [0.2, 0.25) is 0 Å². The molecule has 1 unspecified atom stereocenters. The van der Waals surface area contributed by atoms with Crippen molar-refractivity contribution in [3.8, 4) is 0 Å². The number of hydrogen-bond acceptors (Lipinski definition) is 6. The average molecular weight is 385 g/mol. The van der Waals surface area contributed by atoms with E-state index in [1.807, 2.05) is 53.4 Å². The van der Waals surface area contributed by atoms with E-state index in [4.69, 9.17) is 0 Å². The third kappa shape index (κ3) is 4.88. The van der Waals surface area contributed by atoms with Crippen molar-refractivity contribution in [1.29, 1.82) is 0 Å². The number of aromatic nitrogens is 2. The first-order valence-electron chi connectivity index (χ1n) is 8.98. The Kier molecular flexibility index (Phi) is 6.49. The minimum absolute atomic E-state index is 0.00334. The van der Waals surface area contributed by atoms with Crippen LogP contribution in [0, 0.1) is 5.92 Å². The lowest BCUT2D eigenvalue weighted by Crippen LogP contribution is -2.45. The maximum atomic E-state index is 12.7. The van der Waals surface area contributed by atoms with Gasteiger partial charge in [-0.2, -0.15) is 8.75 Å². The maximum absolute atomic E-state index is 12.7. The summed E-state index contributed by atoms with van der Waals surface area (Å²) in [6.45, 7) is 4.90. The normalized spacial score (nSPS) is 12.6. The molecule has 0 aliphatic carbocycles. The number of hydrogen-bond donors (Lipinski definition) is 2. The van der Waals surface area contributed by atoms with Crippen molar-refractivity contribution in [2.24, 2.45) is 5.92 Å². The van der Waals surface area contributed by atoms with Gasteiger partial charge < -0.3 is 10.4 Å². The van der Waals surface area contributed by atoms with Crippen molar-refractivity contribution >= 4 is 34.4 Å². The van der Waals surface area contributed by atoms with Gasteiger partial charge in [-0.15, -0.1) is 0 Å². The molecule has 27 heavy (non-hydrogen) atoms. The number of aliphatic hydroxyl groups is 1. The number of fused-ring (bicyclic) bond motifs is 1. The van der Waals surface area contributed by atoms with Crippen molar-refractivity contribution < 1.29 is 9.90 Å². The van der Waals surface area contributed by atoms with Gasteiger partial charge >= 0.3 is 0 Å². The van der Waals surface area contributed by atoms with E-state index in [2.05, 4.69) is 27.9 Å². The molecule has 0 radical (unpaired) electrons. The van der Waals surface area contributed by atoms with Crippen LogP contribution in [0.4, 0.5) is 5.69 Å². The molecule has 6 nitrogen and oxygen atoms in total. The zero-order chi connectivity index (χ0) is 19.2. The van der Waals surface area contributed by atoms with Gasteiger partial charge in [-0.25, -0.2) is 0 Å². The van der Waals surface area contributed by atoms with Crippen LogP contribution in [0.5, 0.6) is 0 Å². The molecule has 1 amide bonds. The lowest BCUT2D eigenvalue weighted by atomic mass is 10.0. The third-order valence-electron chi connectivity index (χ3n) is 4.56. The molecule has 1 heterocycles. The highest BCUT2D eigenvalue weighted by molar-refractivity contribution is 7.00.